The fourth-order valence-electron chi connectivity index (χ4n) is 7.91. The highest BCUT2D eigenvalue weighted by atomic mass is 31.2. The quantitative estimate of drug-likeness (QED) is 0.0264. The molecule has 0 aliphatic carbocycles. The standard InChI is InChI=1S/C69H112NO8P/c1-3-5-7-9-11-13-15-17-19-21-23-25-27-29-31-33-35-37-39-41-43-45-47-49-51-53-55-57-59-61-68(71)75-65-67(66-77-79(73,74)76-64-63-70)78-69(72)62-60-58-56-54-52-50-48-46-44-42-40-38-36-34-32-30-28-26-24-22-20-18-16-14-12-10-8-6-4-2/h5-8,11-14,17-20,23-26,29-32,35-38,42,44,67H,3-4,9-10,15-16,21-22,27-28,33-34,39-41,43,45-66,70H2,1-2H3,(H,73,74)/b7-5-,8-6-,13-11-,14-12-,19-17-,20-18-,25-23-,26-24-,31-29-,32-30-,37-35-,38-36-,44-42-. The molecule has 2 atom stereocenters. The van der Waals surface area contributed by atoms with E-state index in [0.717, 1.165) is 148 Å². The molecule has 10 heteroatoms. The number of carbonyl (C=O) groups is 2. The Bertz CT molecular complexity index is 1850. The van der Waals surface area contributed by atoms with Gasteiger partial charge in [0.1, 0.15) is 6.61 Å². The number of phosphoric ester groups is 1. The molecule has 9 nitrogen and oxygen atoms in total. The van der Waals surface area contributed by atoms with Crippen LogP contribution in [-0.4, -0.2) is 49.3 Å². The van der Waals surface area contributed by atoms with Gasteiger partial charge in [0, 0.05) is 19.4 Å². The second kappa shape index (κ2) is 62.8. The molecule has 0 amide bonds. The Morgan fingerprint density at radius 1 is 0.380 bits per heavy atom. The van der Waals surface area contributed by atoms with Gasteiger partial charge in [0.2, 0.25) is 0 Å². The third-order valence-electron chi connectivity index (χ3n) is 12.4. The number of unbranched alkanes of at least 4 members (excludes halogenated alkanes) is 17. The summed E-state index contributed by atoms with van der Waals surface area (Å²) in [4.78, 5) is 35.3. The Kier molecular flexibility index (Phi) is 59.3. The number of phosphoric acid groups is 1. The Morgan fingerprint density at radius 3 is 0.975 bits per heavy atom. The minimum atomic E-state index is -4.41. The van der Waals surface area contributed by atoms with Crippen molar-refractivity contribution >= 4 is 19.8 Å². The second-order valence-electron chi connectivity index (χ2n) is 19.8. The number of allylic oxidation sites excluding steroid dienone is 26. The molecule has 0 heterocycles. The monoisotopic (exact) mass is 1110 g/mol. The summed E-state index contributed by atoms with van der Waals surface area (Å²) in [7, 11) is -4.41. The normalized spacial score (nSPS) is 14.1. The van der Waals surface area contributed by atoms with Gasteiger partial charge in [-0.05, 0) is 122 Å². The molecule has 79 heavy (non-hydrogen) atoms. The van der Waals surface area contributed by atoms with E-state index in [0.29, 0.717) is 6.42 Å². The first-order chi connectivity index (χ1) is 38.8. The third-order valence-corrected chi connectivity index (χ3v) is 13.4. The molecule has 0 aromatic heterocycles. The summed E-state index contributed by atoms with van der Waals surface area (Å²) in [6.45, 7) is 3.48. The van der Waals surface area contributed by atoms with E-state index in [1.54, 1.807) is 0 Å². The zero-order valence-electron chi connectivity index (χ0n) is 49.8. The number of carbonyl (C=O) groups excluding carboxylic acids is 2. The molecule has 0 aliphatic rings. The number of nitrogens with two attached hydrogens (primary N) is 1. The van der Waals surface area contributed by atoms with Crippen molar-refractivity contribution in [2.45, 2.75) is 238 Å². The van der Waals surface area contributed by atoms with Gasteiger partial charge in [-0.3, -0.25) is 18.6 Å². The first-order valence-corrected chi connectivity index (χ1v) is 32.5. The predicted octanol–water partition coefficient (Wildman–Crippen LogP) is 20.1. The first kappa shape index (κ1) is 74.6. The molecule has 0 spiro atoms. The Morgan fingerprint density at radius 2 is 0.658 bits per heavy atom. The molecule has 0 aliphatic heterocycles. The molecule has 0 radical (unpaired) electrons. The van der Waals surface area contributed by atoms with Gasteiger partial charge in [-0.1, -0.05) is 255 Å². The van der Waals surface area contributed by atoms with E-state index in [4.69, 9.17) is 24.3 Å². The van der Waals surface area contributed by atoms with Crippen LogP contribution < -0.4 is 5.73 Å². The molecule has 0 rings (SSSR count). The van der Waals surface area contributed by atoms with E-state index in [9.17, 15) is 19.0 Å². The van der Waals surface area contributed by atoms with Gasteiger partial charge < -0.3 is 20.1 Å². The smallest absolute Gasteiger partial charge is 0.462 e. The van der Waals surface area contributed by atoms with E-state index in [-0.39, 0.29) is 32.6 Å². The van der Waals surface area contributed by atoms with E-state index < -0.39 is 32.5 Å². The molecule has 2 unspecified atom stereocenters. The highest BCUT2D eigenvalue weighted by Gasteiger charge is 2.26. The number of hydrogen-bond donors (Lipinski definition) is 2. The zero-order chi connectivity index (χ0) is 57.3. The SMILES string of the molecule is CC/C=C\C/C=C\C/C=C\C/C=C\C/C=C\C/C=C\C/C=C\CCCCCCCCCC(=O)OC(COC(=O)CCCCCCCCCCCC/C=C\C/C=C\C/C=C\C/C=C\C/C=C\C/C=C\CC)COP(=O)(O)OCCN. The van der Waals surface area contributed by atoms with Crippen molar-refractivity contribution in [2.24, 2.45) is 5.73 Å². The van der Waals surface area contributed by atoms with Crippen molar-refractivity contribution in [3.05, 3.63) is 158 Å². The second-order valence-corrected chi connectivity index (χ2v) is 21.3. The van der Waals surface area contributed by atoms with Crippen molar-refractivity contribution in [1.29, 1.82) is 0 Å². The van der Waals surface area contributed by atoms with Crippen LogP contribution in [0.3, 0.4) is 0 Å². The summed E-state index contributed by atoms with van der Waals surface area (Å²) in [6, 6.07) is 0. The van der Waals surface area contributed by atoms with Crippen LogP contribution in [0.1, 0.15) is 232 Å². The Balaban J connectivity index is 4.05. The number of hydrogen-bond acceptors (Lipinski definition) is 8. The molecular formula is C69H112NO8P. The average Bonchev–Trinajstić information content (AvgIpc) is 3.44. The highest BCUT2D eigenvalue weighted by molar-refractivity contribution is 7.47. The number of ether oxygens (including phenoxy) is 2. The minimum absolute atomic E-state index is 0.0421. The lowest BCUT2D eigenvalue weighted by molar-refractivity contribution is -0.161. The maximum Gasteiger partial charge on any atom is 0.472 e. The summed E-state index contributed by atoms with van der Waals surface area (Å²) < 4.78 is 33.1. The van der Waals surface area contributed by atoms with Crippen LogP contribution in [0.2, 0.25) is 0 Å². The van der Waals surface area contributed by atoms with E-state index >= 15 is 0 Å². The van der Waals surface area contributed by atoms with E-state index in [2.05, 4.69) is 172 Å². The molecule has 0 saturated heterocycles. The largest absolute Gasteiger partial charge is 0.472 e. The van der Waals surface area contributed by atoms with Crippen molar-refractivity contribution < 1.29 is 37.6 Å². The first-order valence-electron chi connectivity index (χ1n) is 31.0. The molecular weight excluding hydrogens is 1000 g/mol. The van der Waals surface area contributed by atoms with Crippen molar-refractivity contribution in [2.75, 3.05) is 26.4 Å². The van der Waals surface area contributed by atoms with Crippen LogP contribution in [0, 0.1) is 0 Å². The van der Waals surface area contributed by atoms with Crippen LogP contribution in [0.5, 0.6) is 0 Å². The molecule has 0 fully saturated rings. The Hall–Kier alpha value is -4.37. The van der Waals surface area contributed by atoms with E-state index in [1.807, 2.05) is 0 Å². The lowest BCUT2D eigenvalue weighted by Crippen LogP contribution is -2.29. The topological polar surface area (TPSA) is 134 Å². The lowest BCUT2D eigenvalue weighted by atomic mass is 10.1. The van der Waals surface area contributed by atoms with Crippen molar-refractivity contribution in [3.63, 3.8) is 0 Å². The van der Waals surface area contributed by atoms with E-state index in [1.165, 1.54) is 51.4 Å². The van der Waals surface area contributed by atoms with Gasteiger partial charge in [-0.25, -0.2) is 4.57 Å². The van der Waals surface area contributed by atoms with Gasteiger partial charge in [-0.15, -0.1) is 0 Å². The van der Waals surface area contributed by atoms with Crippen LogP contribution in [0.25, 0.3) is 0 Å². The van der Waals surface area contributed by atoms with Crippen LogP contribution >= 0.6 is 7.82 Å². The summed E-state index contributed by atoms with van der Waals surface area (Å²) >= 11 is 0. The molecule has 0 bridgehead atoms. The summed E-state index contributed by atoms with van der Waals surface area (Å²) in [6.07, 6.45) is 91.5. The molecule has 446 valence electrons. The fourth-order valence-corrected chi connectivity index (χ4v) is 8.68. The number of esters is 2. The zero-order valence-corrected chi connectivity index (χ0v) is 50.7. The van der Waals surface area contributed by atoms with Gasteiger partial charge in [0.25, 0.3) is 0 Å². The van der Waals surface area contributed by atoms with Gasteiger partial charge in [-0.2, -0.15) is 0 Å². The van der Waals surface area contributed by atoms with Gasteiger partial charge >= 0.3 is 19.8 Å². The summed E-state index contributed by atoms with van der Waals surface area (Å²) in [5.41, 5.74) is 5.39. The maximum atomic E-state index is 12.7. The van der Waals surface area contributed by atoms with Crippen molar-refractivity contribution in [1.82, 2.24) is 0 Å². The average molecular weight is 1110 g/mol. The predicted molar refractivity (Wildman–Crippen MR) is 339 cm³/mol. The lowest BCUT2D eigenvalue weighted by Gasteiger charge is -2.19. The molecule has 3 N–H and O–H groups in total. The van der Waals surface area contributed by atoms with Crippen molar-refractivity contribution in [3.8, 4) is 0 Å². The van der Waals surface area contributed by atoms with Gasteiger partial charge in [0.05, 0.1) is 13.2 Å². The van der Waals surface area contributed by atoms with Crippen LogP contribution in [0.4, 0.5) is 0 Å². The highest BCUT2D eigenvalue weighted by Crippen LogP contribution is 2.43. The molecule has 0 aromatic carbocycles. The molecule has 0 saturated carbocycles. The maximum absolute atomic E-state index is 12.7. The van der Waals surface area contributed by atoms with Crippen LogP contribution in [0.15, 0.2) is 158 Å². The number of rotatable bonds is 56. The summed E-state index contributed by atoms with van der Waals surface area (Å²) in [5, 5.41) is 0. The van der Waals surface area contributed by atoms with Gasteiger partial charge in [0.15, 0.2) is 6.10 Å². The fraction of sp³-hybridized carbons (Fsp3) is 0.594. The summed E-state index contributed by atoms with van der Waals surface area (Å²) in [5.74, 6) is -0.856. The Labute approximate surface area is 483 Å². The third kappa shape index (κ3) is 62.7. The minimum Gasteiger partial charge on any atom is -0.462 e. The molecule has 0 aromatic rings. The van der Waals surface area contributed by atoms with Crippen LogP contribution in [-0.2, 0) is 32.7 Å².